The Morgan fingerprint density at radius 2 is 2.08 bits per heavy atom. The predicted molar refractivity (Wildman–Crippen MR) is 91.4 cm³/mol. The van der Waals surface area contributed by atoms with Crippen LogP contribution in [0.2, 0.25) is 0 Å². The number of carbonyl (C=O) groups is 3. The van der Waals surface area contributed by atoms with Crippen molar-refractivity contribution in [1.82, 2.24) is 15.8 Å². The number of benzene rings is 1. The van der Waals surface area contributed by atoms with Gasteiger partial charge < -0.3 is 10.4 Å². The number of nitrogens with zero attached hydrogens (tertiary/aromatic N) is 1. The molecule has 2 amide bonds. The average molecular weight is 351 g/mol. The van der Waals surface area contributed by atoms with E-state index in [1.165, 1.54) is 0 Å². The van der Waals surface area contributed by atoms with Gasteiger partial charge in [0, 0.05) is 6.54 Å². The van der Waals surface area contributed by atoms with Gasteiger partial charge in [0.2, 0.25) is 5.91 Å². The van der Waals surface area contributed by atoms with Crippen LogP contribution in [0.15, 0.2) is 30.3 Å². The average Bonchev–Trinajstić information content (AvgIpc) is 2.71. The van der Waals surface area contributed by atoms with E-state index in [1.807, 2.05) is 30.3 Å². The molecule has 1 aliphatic heterocycles. The van der Waals surface area contributed by atoms with Crippen LogP contribution in [0.25, 0.3) is 0 Å². The van der Waals surface area contributed by atoms with Crippen LogP contribution in [0.5, 0.6) is 0 Å². The Morgan fingerprint density at radius 1 is 1.38 bits per heavy atom. The highest BCUT2D eigenvalue weighted by Crippen LogP contribution is 2.11. The van der Waals surface area contributed by atoms with Gasteiger partial charge in [-0.05, 0) is 24.8 Å². The van der Waals surface area contributed by atoms with E-state index in [-0.39, 0.29) is 5.91 Å². The summed E-state index contributed by atoms with van der Waals surface area (Å²) in [6, 6.07) is 8.75. The van der Waals surface area contributed by atoms with Gasteiger partial charge in [0.15, 0.2) is 0 Å². The molecule has 24 heavy (non-hydrogen) atoms. The first kappa shape index (κ1) is 18.3. The van der Waals surface area contributed by atoms with E-state index in [2.05, 4.69) is 23.4 Å². The van der Waals surface area contributed by atoms with E-state index >= 15 is 0 Å². The number of carboxylic acids is 1. The number of hydrogen-bond acceptors (Lipinski definition) is 5. The van der Waals surface area contributed by atoms with Crippen molar-refractivity contribution < 1.29 is 19.5 Å². The van der Waals surface area contributed by atoms with Crippen molar-refractivity contribution in [3.05, 3.63) is 35.9 Å². The molecule has 0 bridgehead atoms. The molecular formula is C16H21N3O4S. The lowest BCUT2D eigenvalue weighted by atomic mass is 10.1. The van der Waals surface area contributed by atoms with Gasteiger partial charge in [-0.25, -0.2) is 5.43 Å². The number of carboxylic acid groups (broad SMARTS) is 1. The van der Waals surface area contributed by atoms with Gasteiger partial charge in [0.05, 0.1) is 5.25 Å². The van der Waals surface area contributed by atoms with Crippen LogP contribution < -0.4 is 10.7 Å². The minimum absolute atomic E-state index is 0.335. The number of thiol groups is 1. The molecule has 8 heteroatoms. The first-order valence-corrected chi connectivity index (χ1v) is 8.28. The fourth-order valence-corrected chi connectivity index (χ4v) is 2.80. The summed E-state index contributed by atoms with van der Waals surface area (Å²) in [6.45, 7) is 0.0409. The quantitative estimate of drug-likeness (QED) is 0.550. The number of carbonyl (C=O) groups excluding carboxylic acids is 2. The highest BCUT2D eigenvalue weighted by atomic mass is 32.1. The smallest absolute Gasteiger partial charge is 0.324 e. The number of hydrogen-bond donors (Lipinski definition) is 4. The number of nitrogens with one attached hydrogen (secondary N) is 2. The molecule has 7 nitrogen and oxygen atoms in total. The molecule has 0 spiro atoms. The van der Waals surface area contributed by atoms with Gasteiger partial charge in [0.25, 0.3) is 5.91 Å². The molecule has 1 aliphatic rings. The first-order valence-electron chi connectivity index (χ1n) is 7.76. The minimum atomic E-state index is -1.11. The molecule has 1 aromatic rings. The van der Waals surface area contributed by atoms with Crippen molar-refractivity contribution in [1.29, 1.82) is 0 Å². The maximum atomic E-state index is 12.4. The van der Waals surface area contributed by atoms with Crippen molar-refractivity contribution in [2.45, 2.75) is 30.6 Å². The molecule has 0 aromatic heterocycles. The summed E-state index contributed by atoms with van der Waals surface area (Å²) < 4.78 is 0. The molecule has 1 saturated heterocycles. The van der Waals surface area contributed by atoms with Gasteiger partial charge in [-0.3, -0.25) is 19.4 Å². The highest BCUT2D eigenvalue weighted by Gasteiger charge is 2.30. The van der Waals surface area contributed by atoms with Gasteiger partial charge in [0.1, 0.15) is 12.6 Å². The molecule has 2 rings (SSSR count). The fraction of sp³-hybridized carbons (Fsp3) is 0.438. The SMILES string of the molecule is O=C(O)CN1NCCC[C@H](NC(=O)[C@@H](S)Cc2ccccc2)C1=O. The van der Waals surface area contributed by atoms with Gasteiger partial charge in [-0.1, -0.05) is 30.3 Å². The number of aliphatic carboxylic acids is 1. The van der Waals surface area contributed by atoms with E-state index in [0.29, 0.717) is 25.8 Å². The molecule has 1 fully saturated rings. The zero-order valence-electron chi connectivity index (χ0n) is 13.1. The summed E-state index contributed by atoms with van der Waals surface area (Å²) in [7, 11) is 0. The fourth-order valence-electron chi connectivity index (χ4n) is 2.51. The molecule has 0 aliphatic carbocycles. The normalized spacial score (nSPS) is 19.5. The van der Waals surface area contributed by atoms with E-state index in [1.54, 1.807) is 0 Å². The Morgan fingerprint density at radius 3 is 2.75 bits per heavy atom. The Balaban J connectivity index is 1.95. The number of rotatable bonds is 6. The van der Waals surface area contributed by atoms with E-state index < -0.39 is 29.7 Å². The third kappa shape index (κ3) is 5.24. The van der Waals surface area contributed by atoms with Crippen molar-refractivity contribution in [2.75, 3.05) is 13.1 Å². The number of hydrazine groups is 1. The minimum Gasteiger partial charge on any atom is -0.480 e. The maximum absolute atomic E-state index is 12.4. The molecule has 0 saturated carbocycles. The largest absolute Gasteiger partial charge is 0.480 e. The number of amides is 2. The third-order valence-electron chi connectivity index (χ3n) is 3.72. The van der Waals surface area contributed by atoms with Crippen molar-refractivity contribution in [2.24, 2.45) is 0 Å². The van der Waals surface area contributed by atoms with Crippen LogP contribution in [-0.2, 0) is 20.8 Å². The van der Waals surface area contributed by atoms with E-state index in [4.69, 9.17) is 5.11 Å². The van der Waals surface area contributed by atoms with Gasteiger partial charge in [-0.2, -0.15) is 12.6 Å². The van der Waals surface area contributed by atoms with E-state index in [0.717, 1.165) is 10.6 Å². The first-order chi connectivity index (χ1) is 11.5. The van der Waals surface area contributed by atoms with Crippen LogP contribution in [0, 0.1) is 0 Å². The van der Waals surface area contributed by atoms with Crippen molar-refractivity contribution in [3.63, 3.8) is 0 Å². The Hall–Kier alpha value is -2.06. The van der Waals surface area contributed by atoms with E-state index in [9.17, 15) is 14.4 Å². The summed E-state index contributed by atoms with van der Waals surface area (Å²) in [5.74, 6) is -1.89. The van der Waals surface area contributed by atoms with Crippen LogP contribution in [-0.4, -0.2) is 52.3 Å². The molecule has 130 valence electrons. The second-order valence-corrected chi connectivity index (χ2v) is 6.26. The molecule has 1 aromatic carbocycles. The second-order valence-electron chi connectivity index (χ2n) is 5.64. The van der Waals surface area contributed by atoms with Crippen LogP contribution in [0.1, 0.15) is 18.4 Å². The third-order valence-corrected chi connectivity index (χ3v) is 4.14. The van der Waals surface area contributed by atoms with Crippen LogP contribution in [0.3, 0.4) is 0 Å². The molecule has 0 unspecified atom stereocenters. The van der Waals surface area contributed by atoms with Crippen LogP contribution in [0.4, 0.5) is 0 Å². The van der Waals surface area contributed by atoms with Crippen molar-refractivity contribution >= 4 is 30.4 Å². The summed E-state index contributed by atoms with van der Waals surface area (Å²) in [5.41, 5.74) is 3.75. The Kier molecular flexibility index (Phi) is 6.62. The standard InChI is InChI=1S/C16H21N3O4S/c20-14(21)10-19-16(23)12(7-4-8-17-19)18-15(22)13(24)9-11-5-2-1-3-6-11/h1-3,5-6,12-13,17,24H,4,7-10H2,(H,18,22)(H,20,21)/t12-,13-/m0/s1. The summed E-state index contributed by atoms with van der Waals surface area (Å²) in [4.78, 5) is 35.5. The lowest BCUT2D eigenvalue weighted by Crippen LogP contribution is -2.53. The second kappa shape index (κ2) is 8.70. The molecule has 0 radical (unpaired) electrons. The Labute approximate surface area is 145 Å². The molecular weight excluding hydrogens is 330 g/mol. The van der Waals surface area contributed by atoms with Gasteiger partial charge >= 0.3 is 5.97 Å². The zero-order valence-corrected chi connectivity index (χ0v) is 14.0. The summed E-state index contributed by atoms with van der Waals surface area (Å²) >= 11 is 4.32. The monoisotopic (exact) mass is 351 g/mol. The zero-order chi connectivity index (χ0) is 17.5. The molecule has 2 atom stereocenters. The van der Waals surface area contributed by atoms with Gasteiger partial charge in [-0.15, -0.1) is 0 Å². The lowest BCUT2D eigenvalue weighted by Gasteiger charge is -2.24. The topological polar surface area (TPSA) is 98.7 Å². The lowest BCUT2D eigenvalue weighted by molar-refractivity contribution is -0.147. The van der Waals surface area contributed by atoms with Crippen LogP contribution >= 0.6 is 12.6 Å². The van der Waals surface area contributed by atoms with Crippen molar-refractivity contribution in [3.8, 4) is 0 Å². The molecule has 1 heterocycles. The Bertz CT molecular complexity index is 596. The molecule has 3 N–H and O–H groups in total. The highest BCUT2D eigenvalue weighted by molar-refractivity contribution is 7.81. The maximum Gasteiger partial charge on any atom is 0.324 e. The summed E-state index contributed by atoms with van der Waals surface area (Å²) in [6.07, 6.45) is 1.57. The summed E-state index contributed by atoms with van der Waals surface area (Å²) in [5, 5.41) is 12.0. The predicted octanol–water partition coefficient (Wildman–Crippen LogP) is 0.224.